The molecule has 0 fully saturated rings. The highest BCUT2D eigenvalue weighted by atomic mass is 15.5. The summed E-state index contributed by atoms with van der Waals surface area (Å²) in [4.78, 5) is 6.18. The number of fused-ring (bicyclic) bond motifs is 2. The average molecular weight is 90.1 g/mol. The summed E-state index contributed by atoms with van der Waals surface area (Å²) < 4.78 is 0. The monoisotopic (exact) mass is 90.0 g/mol. The quantitative estimate of drug-likeness (QED) is 0.385. The van der Waals surface area contributed by atoms with E-state index in [1.165, 1.54) is 17.2 Å². The fraction of sp³-hybridized carbons (Fsp3) is 0. The smallest absolute Gasteiger partial charge is 0.164 e. The molecule has 0 aliphatic carbocycles. The first kappa shape index (κ1) is 2.31. The molecule has 0 amide bonds. The van der Waals surface area contributed by atoms with Gasteiger partial charge in [0.25, 0.3) is 0 Å². The van der Waals surface area contributed by atoms with Crippen molar-refractivity contribution in [2.24, 2.45) is 0 Å². The molecule has 4 rings (SSSR count). The summed E-state index contributed by atoms with van der Waals surface area (Å²) >= 11 is 0. The van der Waals surface area contributed by atoms with Gasteiger partial charge in [0, 0.05) is 6.20 Å². The number of nitrogens with zero attached hydrogens (tertiary/aromatic N) is 2. The molecule has 3 aliphatic rings. The second-order valence-electron chi connectivity index (χ2n) is 1.84. The van der Waals surface area contributed by atoms with Gasteiger partial charge in [0.2, 0.25) is 0 Å². The largest absolute Gasteiger partial charge is 0.285 e. The number of hydrogen-bond acceptors (Lipinski definition) is 2. The Balaban J connectivity index is 2.69. The molecule has 7 heavy (non-hydrogen) atoms. The summed E-state index contributed by atoms with van der Waals surface area (Å²) in [5.41, 5.74) is 2.76. The Morgan fingerprint density at radius 1 is 1.57 bits per heavy atom. The van der Waals surface area contributed by atoms with Gasteiger partial charge in [-0.2, -0.15) is 0 Å². The molecular formula is C5H2N2. The van der Waals surface area contributed by atoms with Gasteiger partial charge in [0.15, 0.2) is 5.82 Å². The van der Waals surface area contributed by atoms with Gasteiger partial charge in [-0.25, -0.2) is 4.98 Å². The predicted molar refractivity (Wildman–Crippen MR) is 26.0 cm³/mol. The van der Waals surface area contributed by atoms with Crippen LogP contribution in [0.3, 0.4) is 0 Å². The fourth-order valence-corrected chi connectivity index (χ4v) is 0.960. The lowest BCUT2D eigenvalue weighted by molar-refractivity contribution is 1.34. The van der Waals surface area contributed by atoms with Gasteiger partial charge in [0.05, 0.1) is 5.69 Å². The highest BCUT2D eigenvalue weighted by Crippen LogP contribution is 2.72. The molecule has 3 aliphatic heterocycles. The summed E-state index contributed by atoms with van der Waals surface area (Å²) in [6.07, 6.45) is 1.84. The van der Waals surface area contributed by atoms with Gasteiger partial charge in [0.1, 0.15) is 5.69 Å². The minimum atomic E-state index is 1.19. The van der Waals surface area contributed by atoms with Crippen LogP contribution in [0.25, 0.3) is 0 Å². The Morgan fingerprint density at radius 3 is 2.71 bits per heavy atom. The van der Waals surface area contributed by atoms with Crippen LogP contribution >= 0.6 is 0 Å². The zero-order valence-corrected chi connectivity index (χ0v) is 3.55. The van der Waals surface area contributed by atoms with Gasteiger partial charge in [-0.05, 0) is 6.07 Å². The topological polar surface area (TPSA) is 15.9 Å². The Labute approximate surface area is 40.4 Å². The van der Waals surface area contributed by atoms with E-state index in [-0.39, 0.29) is 0 Å². The molecule has 0 radical (unpaired) electrons. The minimum absolute atomic E-state index is 1.19. The van der Waals surface area contributed by atoms with Crippen LogP contribution in [0.4, 0.5) is 17.2 Å². The third-order valence-corrected chi connectivity index (χ3v) is 1.46. The minimum Gasteiger partial charge on any atom is -0.285 e. The van der Waals surface area contributed by atoms with Gasteiger partial charge >= 0.3 is 0 Å². The number of pyridine rings is 1. The first-order valence-electron chi connectivity index (χ1n) is 2.27. The van der Waals surface area contributed by atoms with Crippen molar-refractivity contribution in [1.29, 1.82) is 0 Å². The van der Waals surface area contributed by atoms with E-state index in [1.807, 2.05) is 12.3 Å². The van der Waals surface area contributed by atoms with Gasteiger partial charge in [-0.15, -0.1) is 0 Å². The van der Waals surface area contributed by atoms with Crippen LogP contribution in [0.2, 0.25) is 0 Å². The lowest BCUT2D eigenvalue weighted by Crippen LogP contribution is -1.76. The number of rotatable bonds is 0. The fourth-order valence-electron chi connectivity index (χ4n) is 0.960. The van der Waals surface area contributed by atoms with Crippen molar-refractivity contribution in [3.8, 4) is 0 Å². The molecule has 1 aromatic heterocycles. The van der Waals surface area contributed by atoms with E-state index in [9.17, 15) is 0 Å². The molecule has 2 bridgehead atoms. The molecule has 1 aromatic rings. The summed E-state index contributed by atoms with van der Waals surface area (Å²) in [6.45, 7) is 0. The van der Waals surface area contributed by atoms with Crippen molar-refractivity contribution in [2.45, 2.75) is 0 Å². The molecule has 2 heteroatoms. The lowest BCUT2D eigenvalue weighted by atomic mass is 10.5. The van der Waals surface area contributed by atoms with Crippen molar-refractivity contribution >= 4 is 17.2 Å². The maximum atomic E-state index is 4.04. The van der Waals surface area contributed by atoms with Crippen LogP contribution in [0.5, 0.6) is 0 Å². The maximum Gasteiger partial charge on any atom is 0.164 e. The molecule has 0 spiro atoms. The second-order valence-corrected chi connectivity index (χ2v) is 1.84. The van der Waals surface area contributed by atoms with Crippen LogP contribution in [-0.2, 0) is 0 Å². The van der Waals surface area contributed by atoms with Crippen molar-refractivity contribution < 1.29 is 0 Å². The summed E-state index contributed by atoms with van der Waals surface area (Å²) in [5, 5.41) is 0. The highest BCUT2D eigenvalue weighted by Gasteiger charge is 2.51. The molecule has 0 N–H and O–H groups in total. The van der Waals surface area contributed by atoms with E-state index in [2.05, 4.69) is 9.88 Å². The van der Waals surface area contributed by atoms with E-state index in [4.69, 9.17) is 0 Å². The summed E-state index contributed by atoms with van der Waals surface area (Å²) in [7, 11) is 0. The molecule has 0 saturated heterocycles. The lowest BCUT2D eigenvalue weighted by Gasteiger charge is -1.86. The number of anilines is 3. The summed E-state index contributed by atoms with van der Waals surface area (Å²) in [5.74, 6) is 1.19. The zero-order chi connectivity index (χ0) is 4.43. The van der Waals surface area contributed by atoms with Crippen molar-refractivity contribution in [3.05, 3.63) is 12.3 Å². The van der Waals surface area contributed by atoms with Gasteiger partial charge in [-0.3, -0.25) is 4.90 Å². The van der Waals surface area contributed by atoms with Crippen LogP contribution in [0.15, 0.2) is 12.3 Å². The molecular weight excluding hydrogens is 88.1 g/mol. The van der Waals surface area contributed by atoms with E-state index in [1.54, 1.807) is 0 Å². The highest BCUT2D eigenvalue weighted by molar-refractivity contribution is 6.22. The van der Waals surface area contributed by atoms with Crippen molar-refractivity contribution in [3.63, 3.8) is 0 Å². The van der Waals surface area contributed by atoms with Crippen molar-refractivity contribution in [1.82, 2.24) is 4.98 Å². The molecule has 0 aromatic carbocycles. The van der Waals surface area contributed by atoms with Gasteiger partial charge < -0.3 is 0 Å². The van der Waals surface area contributed by atoms with Gasteiger partial charge in [-0.1, -0.05) is 0 Å². The third kappa shape index (κ3) is 0.0981. The van der Waals surface area contributed by atoms with E-state index < -0.39 is 0 Å². The van der Waals surface area contributed by atoms with Crippen LogP contribution in [0, 0.1) is 0 Å². The summed E-state index contributed by atoms with van der Waals surface area (Å²) in [6, 6.07) is 2.03. The first-order chi connectivity index (χ1) is 3.48. The van der Waals surface area contributed by atoms with Crippen molar-refractivity contribution in [2.75, 3.05) is 4.90 Å². The zero-order valence-electron chi connectivity index (χ0n) is 3.55. The second kappa shape index (κ2) is 0.397. The van der Waals surface area contributed by atoms with E-state index in [0.29, 0.717) is 0 Å². The Morgan fingerprint density at radius 2 is 2.43 bits per heavy atom. The average Bonchev–Trinajstić information content (AvgIpc) is 2.53. The molecule has 4 heterocycles. The molecule has 0 saturated carbocycles. The standard InChI is InChI=1S/C5H2N2/c1-2-6-5-4-3(1)7(4)5/h1-2H. The number of hydrogen-bond donors (Lipinski definition) is 0. The molecule has 0 atom stereocenters. The number of aromatic nitrogens is 1. The maximum absolute atomic E-state index is 4.04. The first-order valence-corrected chi connectivity index (χ1v) is 2.27. The van der Waals surface area contributed by atoms with E-state index >= 15 is 0 Å². The molecule has 32 valence electrons. The normalized spacial score (nSPS) is 16.3. The molecule has 0 unspecified atom stereocenters. The predicted octanol–water partition coefficient (Wildman–Crippen LogP) is 1.18. The molecule has 2 nitrogen and oxygen atoms in total. The Hall–Kier alpha value is -1.05. The van der Waals surface area contributed by atoms with Crippen LogP contribution in [-0.4, -0.2) is 4.98 Å². The SMILES string of the molecule is c1cc2c3c(n1)N23. The van der Waals surface area contributed by atoms with Crippen LogP contribution < -0.4 is 4.90 Å². The Kier molecular flexibility index (Phi) is 0.131. The Bertz CT molecular complexity index is 223. The van der Waals surface area contributed by atoms with E-state index in [0.717, 1.165) is 0 Å². The third-order valence-electron chi connectivity index (χ3n) is 1.46. The van der Waals surface area contributed by atoms with Crippen LogP contribution in [0.1, 0.15) is 0 Å².